The summed E-state index contributed by atoms with van der Waals surface area (Å²) in [7, 11) is -1.92. The van der Waals surface area contributed by atoms with Gasteiger partial charge in [0.05, 0.1) is 11.8 Å². The zero-order chi connectivity index (χ0) is 13.6. The molecule has 0 aromatic carbocycles. The van der Waals surface area contributed by atoms with Crippen molar-refractivity contribution >= 4 is 10.0 Å². The molecule has 3 rings (SSSR count). The third-order valence-electron chi connectivity index (χ3n) is 4.06. The Hall–Kier alpha value is -0.920. The number of aliphatic hydroxyl groups excluding tert-OH is 1. The lowest BCUT2D eigenvalue weighted by Crippen LogP contribution is -2.50. The second-order valence-electron chi connectivity index (χ2n) is 5.43. The molecular weight excluding hydrogens is 266 g/mol. The van der Waals surface area contributed by atoms with E-state index in [-0.39, 0.29) is 11.1 Å². The summed E-state index contributed by atoms with van der Waals surface area (Å²) in [6.07, 6.45) is 4.50. The molecule has 2 atom stereocenters. The number of fused-ring (bicyclic) bond motifs is 1. The Labute approximate surface area is 112 Å². The van der Waals surface area contributed by atoms with E-state index in [0.29, 0.717) is 12.8 Å². The average Bonchev–Trinajstić information content (AvgIpc) is 2.71. The predicted molar refractivity (Wildman–Crippen MR) is 69.2 cm³/mol. The number of sulfonamides is 1. The molecule has 1 fully saturated rings. The summed E-state index contributed by atoms with van der Waals surface area (Å²) in [5.41, 5.74) is 1.76. The predicted octanol–water partition coefficient (Wildman–Crippen LogP) is 0.100. The highest BCUT2D eigenvalue weighted by Gasteiger charge is 2.36. The highest BCUT2D eigenvalue weighted by Crippen LogP contribution is 2.28. The molecule has 2 N–H and O–H groups in total. The first kappa shape index (κ1) is 13.1. The quantitative estimate of drug-likeness (QED) is 0.825. The van der Waals surface area contributed by atoms with E-state index in [1.807, 2.05) is 0 Å². The Balaban J connectivity index is 1.94. The molecule has 7 heteroatoms. The molecule has 1 heterocycles. The molecular formula is C12H19N3O3S. The summed E-state index contributed by atoms with van der Waals surface area (Å²) in [5, 5.41) is 14.1. The van der Waals surface area contributed by atoms with E-state index in [9.17, 15) is 13.5 Å². The van der Waals surface area contributed by atoms with Crippen LogP contribution in [0.1, 0.15) is 36.9 Å². The lowest BCUT2D eigenvalue weighted by Gasteiger charge is -2.32. The molecule has 106 valence electrons. The molecule has 6 nitrogen and oxygen atoms in total. The van der Waals surface area contributed by atoms with Crippen LogP contribution in [0.15, 0.2) is 5.03 Å². The van der Waals surface area contributed by atoms with Crippen LogP contribution in [-0.4, -0.2) is 35.5 Å². The molecule has 2 aliphatic carbocycles. The van der Waals surface area contributed by atoms with Crippen molar-refractivity contribution in [1.82, 2.24) is 14.5 Å². The maximum Gasteiger partial charge on any atom is 0.258 e. The first-order chi connectivity index (χ1) is 8.99. The van der Waals surface area contributed by atoms with Crippen molar-refractivity contribution in [3.05, 3.63) is 11.3 Å². The van der Waals surface area contributed by atoms with Gasteiger partial charge in [0, 0.05) is 18.7 Å². The number of aryl methyl sites for hydroxylation is 2. The monoisotopic (exact) mass is 285 g/mol. The molecule has 0 unspecified atom stereocenters. The summed E-state index contributed by atoms with van der Waals surface area (Å²) in [6, 6.07) is -0.348. The van der Waals surface area contributed by atoms with Crippen molar-refractivity contribution in [3.8, 4) is 0 Å². The van der Waals surface area contributed by atoms with Gasteiger partial charge in [-0.15, -0.1) is 0 Å². The summed E-state index contributed by atoms with van der Waals surface area (Å²) in [4.78, 5) is 0. The number of aliphatic hydroxyl groups is 1. The van der Waals surface area contributed by atoms with E-state index in [1.165, 1.54) is 4.68 Å². The maximum absolute atomic E-state index is 12.5. The van der Waals surface area contributed by atoms with Gasteiger partial charge in [-0.25, -0.2) is 13.1 Å². The minimum absolute atomic E-state index is 0.279. The summed E-state index contributed by atoms with van der Waals surface area (Å²) >= 11 is 0. The Morgan fingerprint density at radius 3 is 2.68 bits per heavy atom. The Bertz CT molecular complexity index is 594. The fourth-order valence-electron chi connectivity index (χ4n) is 2.86. The van der Waals surface area contributed by atoms with Crippen molar-refractivity contribution in [1.29, 1.82) is 0 Å². The molecule has 0 aliphatic heterocycles. The van der Waals surface area contributed by atoms with Gasteiger partial charge in [0.2, 0.25) is 0 Å². The molecule has 0 radical (unpaired) electrons. The highest BCUT2D eigenvalue weighted by atomic mass is 32.2. The van der Waals surface area contributed by atoms with Gasteiger partial charge in [-0.1, -0.05) is 0 Å². The number of hydrogen-bond donors (Lipinski definition) is 2. The van der Waals surface area contributed by atoms with Crippen molar-refractivity contribution in [2.45, 2.75) is 55.7 Å². The second-order valence-corrected chi connectivity index (χ2v) is 7.06. The van der Waals surface area contributed by atoms with Gasteiger partial charge < -0.3 is 5.11 Å². The Morgan fingerprint density at radius 1 is 1.32 bits per heavy atom. The van der Waals surface area contributed by atoms with Crippen LogP contribution >= 0.6 is 0 Å². The maximum atomic E-state index is 12.5. The highest BCUT2D eigenvalue weighted by molar-refractivity contribution is 7.89. The van der Waals surface area contributed by atoms with Crippen LogP contribution < -0.4 is 4.72 Å². The van der Waals surface area contributed by atoms with Crippen LogP contribution in [0.4, 0.5) is 0 Å². The zero-order valence-corrected chi connectivity index (χ0v) is 11.8. The Morgan fingerprint density at radius 2 is 2.05 bits per heavy atom. The second kappa shape index (κ2) is 4.57. The van der Waals surface area contributed by atoms with E-state index < -0.39 is 16.1 Å². The first-order valence-corrected chi connectivity index (χ1v) is 8.22. The number of nitrogens with zero attached hydrogens (tertiary/aromatic N) is 2. The third-order valence-corrected chi connectivity index (χ3v) is 5.69. The van der Waals surface area contributed by atoms with E-state index >= 15 is 0 Å². The smallest absolute Gasteiger partial charge is 0.258 e. The third kappa shape index (κ3) is 2.19. The fraction of sp³-hybridized carbons (Fsp3) is 0.750. The molecule has 1 aromatic rings. The topological polar surface area (TPSA) is 84.2 Å². The van der Waals surface area contributed by atoms with E-state index in [2.05, 4.69) is 9.82 Å². The van der Waals surface area contributed by atoms with E-state index in [4.69, 9.17) is 0 Å². The molecule has 0 spiro atoms. The number of hydrogen-bond acceptors (Lipinski definition) is 4. The molecule has 0 amide bonds. The van der Waals surface area contributed by atoms with Crippen LogP contribution in [0, 0.1) is 0 Å². The largest absolute Gasteiger partial charge is 0.391 e. The van der Waals surface area contributed by atoms with E-state index in [1.54, 1.807) is 7.05 Å². The van der Waals surface area contributed by atoms with Crippen LogP contribution in [-0.2, 0) is 29.9 Å². The molecule has 1 aromatic heterocycles. The number of rotatable bonds is 3. The summed E-state index contributed by atoms with van der Waals surface area (Å²) in [6.45, 7) is 0. The van der Waals surface area contributed by atoms with Gasteiger partial charge in [-0.05, 0) is 38.5 Å². The number of nitrogens with one attached hydrogen (secondary N) is 1. The summed E-state index contributed by atoms with van der Waals surface area (Å²) < 4.78 is 29.0. The van der Waals surface area contributed by atoms with Crippen LogP contribution in [0.3, 0.4) is 0 Å². The molecule has 2 aliphatic rings. The minimum atomic E-state index is -3.59. The van der Waals surface area contributed by atoms with Gasteiger partial charge in [-0.3, -0.25) is 4.68 Å². The van der Waals surface area contributed by atoms with Crippen LogP contribution in [0.25, 0.3) is 0 Å². The van der Waals surface area contributed by atoms with E-state index in [0.717, 1.165) is 36.9 Å². The van der Waals surface area contributed by atoms with Gasteiger partial charge in [0.15, 0.2) is 5.03 Å². The lowest BCUT2D eigenvalue weighted by molar-refractivity contribution is 0.0611. The average molecular weight is 285 g/mol. The SMILES string of the molecule is Cn1nc2c(c1S(=O)(=O)N[C@@H]1CC[C@H]1O)CCCC2. The van der Waals surface area contributed by atoms with Gasteiger partial charge in [0.25, 0.3) is 10.0 Å². The Kier molecular flexibility index (Phi) is 3.15. The van der Waals surface area contributed by atoms with Gasteiger partial charge >= 0.3 is 0 Å². The van der Waals surface area contributed by atoms with Gasteiger partial charge in [-0.2, -0.15) is 5.10 Å². The molecule has 19 heavy (non-hydrogen) atoms. The van der Waals surface area contributed by atoms with Crippen molar-refractivity contribution in [2.75, 3.05) is 0 Å². The lowest BCUT2D eigenvalue weighted by atomic mass is 9.90. The van der Waals surface area contributed by atoms with Crippen LogP contribution in [0.2, 0.25) is 0 Å². The minimum Gasteiger partial charge on any atom is -0.391 e. The molecule has 1 saturated carbocycles. The first-order valence-electron chi connectivity index (χ1n) is 6.74. The normalized spacial score (nSPS) is 26.8. The molecule has 0 bridgehead atoms. The number of aromatic nitrogens is 2. The summed E-state index contributed by atoms with van der Waals surface area (Å²) in [5.74, 6) is 0. The van der Waals surface area contributed by atoms with Crippen molar-refractivity contribution in [2.24, 2.45) is 7.05 Å². The standard InChI is InChI=1S/C12H19N3O3S/c1-15-12(8-4-2-3-5-9(8)13-15)19(17,18)14-10-6-7-11(10)16/h10-11,14,16H,2-7H2,1H3/t10-,11-/m1/s1. The zero-order valence-electron chi connectivity index (χ0n) is 11.0. The van der Waals surface area contributed by atoms with Crippen molar-refractivity contribution in [3.63, 3.8) is 0 Å². The van der Waals surface area contributed by atoms with Gasteiger partial charge in [0.1, 0.15) is 0 Å². The fourth-order valence-corrected chi connectivity index (χ4v) is 4.58. The van der Waals surface area contributed by atoms with Crippen molar-refractivity contribution < 1.29 is 13.5 Å². The van der Waals surface area contributed by atoms with Crippen LogP contribution in [0.5, 0.6) is 0 Å². The molecule has 0 saturated heterocycles.